The van der Waals surface area contributed by atoms with Crippen LogP contribution in [0.4, 0.5) is 0 Å². The average Bonchev–Trinajstić information content (AvgIpc) is 2.58. The van der Waals surface area contributed by atoms with Gasteiger partial charge in [0.25, 0.3) is 0 Å². The van der Waals surface area contributed by atoms with Gasteiger partial charge in [-0.1, -0.05) is 0 Å². The number of phosphoric ester groups is 1. The molecule has 0 aromatic heterocycles. The van der Waals surface area contributed by atoms with Crippen molar-refractivity contribution in [3.8, 4) is 11.3 Å². The number of hydrogen-bond acceptors (Lipinski definition) is 5. The molecule has 6 nitrogen and oxygen atoms in total. The van der Waals surface area contributed by atoms with Gasteiger partial charge >= 0.3 is 7.82 Å². The van der Waals surface area contributed by atoms with E-state index in [4.69, 9.17) is 33.2 Å². The lowest BCUT2D eigenvalue weighted by Crippen LogP contribution is -2.46. The Bertz CT molecular complexity index is 433. The lowest BCUT2D eigenvalue weighted by molar-refractivity contribution is -0.0415. The summed E-state index contributed by atoms with van der Waals surface area (Å²) in [6.45, 7) is 1.44. The maximum Gasteiger partial charge on any atom is 0.474 e. The molecule has 2 saturated heterocycles. The fourth-order valence-corrected chi connectivity index (χ4v) is 3.34. The molecule has 0 amide bonds. The molecule has 0 saturated carbocycles. The number of ether oxygens (including phenoxy) is 1. The van der Waals surface area contributed by atoms with Crippen molar-refractivity contribution in [3.05, 3.63) is 0 Å². The van der Waals surface area contributed by atoms with Gasteiger partial charge < -0.3 is 14.7 Å². The minimum Gasteiger partial charge on any atom is -0.391 e. The second-order valence-electron chi connectivity index (χ2n) is 3.86. The van der Waals surface area contributed by atoms with Gasteiger partial charge in [-0.25, -0.2) is 4.57 Å². The molecular weight excluding hydrogens is 269 g/mol. The van der Waals surface area contributed by atoms with E-state index in [-0.39, 0.29) is 0 Å². The fraction of sp³-hybridized carbons (Fsp3) is 0.750. The highest BCUT2D eigenvalue weighted by Gasteiger charge is 2.66. The quantitative estimate of drug-likeness (QED) is 0.390. The second-order valence-corrected chi connectivity index (χ2v) is 5.38. The molecule has 0 aliphatic carbocycles. The molecule has 2 radical (unpaired) electrons. The second kappa shape index (κ2) is 4.25. The molecular formula is C8H9BClO6P. The summed E-state index contributed by atoms with van der Waals surface area (Å²) in [7, 11) is 1.40. The summed E-state index contributed by atoms with van der Waals surface area (Å²) in [5.41, 5.74) is -1.63. The van der Waals surface area contributed by atoms with Gasteiger partial charge in [0.1, 0.15) is 20.1 Å². The molecule has 0 bridgehead atoms. The predicted octanol–water partition coefficient (Wildman–Crippen LogP) is -0.285. The first-order chi connectivity index (χ1) is 7.82. The Morgan fingerprint density at radius 3 is 2.82 bits per heavy atom. The Labute approximate surface area is 104 Å². The van der Waals surface area contributed by atoms with Crippen molar-refractivity contribution in [2.24, 2.45) is 0 Å². The zero-order valence-electron chi connectivity index (χ0n) is 8.74. The highest BCUT2D eigenvalue weighted by atomic mass is 35.5. The van der Waals surface area contributed by atoms with Crippen molar-refractivity contribution in [1.82, 2.24) is 0 Å². The zero-order valence-corrected chi connectivity index (χ0v) is 10.4. The minimum atomic E-state index is -4.26. The molecule has 17 heavy (non-hydrogen) atoms. The number of aliphatic hydroxyl groups excluding tert-OH is 1. The van der Waals surface area contributed by atoms with Gasteiger partial charge in [-0.3, -0.25) is 9.05 Å². The first kappa shape index (κ1) is 13.4. The van der Waals surface area contributed by atoms with Crippen LogP contribution in [-0.2, 0) is 18.3 Å². The van der Waals surface area contributed by atoms with Gasteiger partial charge in [0.2, 0.25) is 0 Å². The molecule has 2 rings (SSSR count). The number of aliphatic hydroxyl groups is 1. The highest BCUT2D eigenvalue weighted by molar-refractivity contribution is 7.47. The van der Waals surface area contributed by atoms with Gasteiger partial charge in [-0.15, -0.1) is 0 Å². The van der Waals surface area contributed by atoms with Crippen LogP contribution < -0.4 is 0 Å². The summed E-state index contributed by atoms with van der Waals surface area (Å²) in [6.07, 6.45) is -2.95. The number of rotatable bonds is 1. The predicted molar refractivity (Wildman–Crippen MR) is 58.2 cm³/mol. The van der Waals surface area contributed by atoms with Gasteiger partial charge in [-0.2, -0.15) is 0 Å². The van der Waals surface area contributed by atoms with Crippen LogP contribution in [0.5, 0.6) is 0 Å². The largest absolute Gasteiger partial charge is 0.474 e. The molecule has 9 heteroatoms. The van der Waals surface area contributed by atoms with E-state index < -0.39 is 37.7 Å². The van der Waals surface area contributed by atoms with Crippen molar-refractivity contribution >= 4 is 27.3 Å². The molecule has 2 fully saturated rings. The first-order valence-electron chi connectivity index (χ1n) is 4.76. The van der Waals surface area contributed by atoms with Crippen molar-refractivity contribution in [1.29, 1.82) is 0 Å². The van der Waals surface area contributed by atoms with Crippen LogP contribution in [0, 0.1) is 11.3 Å². The third kappa shape index (κ3) is 2.04. The minimum absolute atomic E-state index is 0.912. The van der Waals surface area contributed by atoms with Gasteiger partial charge in [-0.05, 0) is 24.4 Å². The van der Waals surface area contributed by atoms with Gasteiger partial charge in [0.05, 0.1) is 12.1 Å². The standard InChI is InChI=1S/C8H9BClO6P/c1-4(11)5-6-8(2-3-10,7(9)14-5)16-17(12,13)15-6/h4-7,11H,1H3,(H,12,13)/t4?,5-,6?,7-,8-/m1/s1. The van der Waals surface area contributed by atoms with E-state index in [0.717, 1.165) is 0 Å². The van der Waals surface area contributed by atoms with Crippen LogP contribution in [0.3, 0.4) is 0 Å². The van der Waals surface area contributed by atoms with Crippen LogP contribution in [0.25, 0.3) is 0 Å². The average molecular weight is 278 g/mol. The summed E-state index contributed by atoms with van der Waals surface area (Å²) in [5, 5.41) is 11.5. The van der Waals surface area contributed by atoms with E-state index in [1.54, 1.807) is 0 Å². The van der Waals surface area contributed by atoms with Crippen LogP contribution in [-0.4, -0.2) is 47.8 Å². The zero-order chi connectivity index (χ0) is 12.8. The molecule has 0 spiro atoms. The summed E-state index contributed by atoms with van der Waals surface area (Å²) >= 11 is 5.29. The molecule has 6 atom stereocenters. The Morgan fingerprint density at radius 1 is 1.65 bits per heavy atom. The van der Waals surface area contributed by atoms with Crippen molar-refractivity contribution in [2.75, 3.05) is 0 Å². The van der Waals surface area contributed by atoms with E-state index >= 15 is 0 Å². The summed E-state index contributed by atoms with van der Waals surface area (Å²) in [6, 6.07) is -1.14. The number of phosphoric acid groups is 1. The van der Waals surface area contributed by atoms with Gasteiger partial charge in [0.15, 0.2) is 5.60 Å². The number of halogens is 1. The molecule has 2 aliphatic heterocycles. The van der Waals surface area contributed by atoms with E-state index in [1.165, 1.54) is 6.92 Å². The molecule has 92 valence electrons. The SMILES string of the molecule is [B][C@@H]1O[C@H](C(C)O)C2OP(=O)(O)O[C@]21C#CCl. The monoisotopic (exact) mass is 278 g/mol. The summed E-state index contributed by atoms with van der Waals surface area (Å²) in [4.78, 5) is 9.32. The van der Waals surface area contributed by atoms with Gasteiger partial charge in [0, 0.05) is 5.38 Å². The van der Waals surface area contributed by atoms with Crippen LogP contribution in [0.15, 0.2) is 0 Å². The van der Waals surface area contributed by atoms with E-state index in [1.807, 2.05) is 5.38 Å². The first-order valence-corrected chi connectivity index (χ1v) is 6.63. The molecule has 0 aromatic rings. The van der Waals surface area contributed by atoms with Crippen molar-refractivity contribution in [2.45, 2.75) is 36.8 Å². The molecule has 2 N–H and O–H groups in total. The third-order valence-electron chi connectivity index (χ3n) is 2.68. The number of fused-ring (bicyclic) bond motifs is 1. The van der Waals surface area contributed by atoms with Crippen LogP contribution in [0.2, 0.25) is 0 Å². The molecule has 2 aliphatic rings. The lowest BCUT2D eigenvalue weighted by atomic mass is 9.80. The summed E-state index contributed by atoms with van der Waals surface area (Å²) < 4.78 is 26.4. The van der Waals surface area contributed by atoms with Crippen LogP contribution in [0.1, 0.15) is 6.92 Å². The summed E-state index contributed by atoms with van der Waals surface area (Å²) in [5.74, 6) is 2.39. The maximum atomic E-state index is 11.4. The molecule has 0 aromatic carbocycles. The van der Waals surface area contributed by atoms with E-state index in [9.17, 15) is 14.6 Å². The molecule has 2 heterocycles. The van der Waals surface area contributed by atoms with Crippen molar-refractivity contribution in [3.63, 3.8) is 0 Å². The third-order valence-corrected chi connectivity index (χ3v) is 3.80. The maximum absolute atomic E-state index is 11.4. The van der Waals surface area contributed by atoms with Crippen molar-refractivity contribution < 1.29 is 28.3 Å². The topological polar surface area (TPSA) is 85.2 Å². The highest BCUT2D eigenvalue weighted by Crippen LogP contribution is 2.61. The van der Waals surface area contributed by atoms with E-state index in [0.29, 0.717) is 0 Å². The number of hydrogen-bond donors (Lipinski definition) is 2. The van der Waals surface area contributed by atoms with Crippen LogP contribution >= 0.6 is 19.4 Å². The Kier molecular flexibility index (Phi) is 3.35. The molecule has 3 unspecified atom stereocenters. The Balaban J connectivity index is 2.43. The fourth-order valence-electron chi connectivity index (χ4n) is 1.95. The lowest BCUT2D eigenvalue weighted by Gasteiger charge is -2.22. The Hall–Kier alpha value is -0.0551. The van der Waals surface area contributed by atoms with E-state index in [2.05, 4.69) is 5.92 Å². The Morgan fingerprint density at radius 2 is 2.29 bits per heavy atom. The normalized spacial score (nSPS) is 50.5. The smallest absolute Gasteiger partial charge is 0.391 e.